The first-order valence-corrected chi connectivity index (χ1v) is 9.81. The SMILES string of the molecule is CC1CCCC(CBr)(NS(=O)(=O)C2CCOCC2)C1. The van der Waals surface area contributed by atoms with Gasteiger partial charge in [0.05, 0.1) is 5.25 Å². The Bertz CT molecular complexity index is 395. The topological polar surface area (TPSA) is 55.4 Å². The van der Waals surface area contributed by atoms with Gasteiger partial charge >= 0.3 is 0 Å². The molecule has 1 N–H and O–H groups in total. The van der Waals surface area contributed by atoms with Crippen LogP contribution < -0.4 is 4.72 Å². The van der Waals surface area contributed by atoms with Crippen molar-refractivity contribution in [3.05, 3.63) is 0 Å². The molecular formula is C13H24BrNO3S. The van der Waals surface area contributed by atoms with Crippen LogP contribution in [0.25, 0.3) is 0 Å². The molecule has 1 aliphatic carbocycles. The predicted molar refractivity (Wildman–Crippen MR) is 80.1 cm³/mol. The van der Waals surface area contributed by atoms with Crippen molar-refractivity contribution in [1.29, 1.82) is 0 Å². The maximum Gasteiger partial charge on any atom is 0.215 e. The van der Waals surface area contributed by atoms with Crippen LogP contribution in [0.2, 0.25) is 0 Å². The number of ether oxygens (including phenoxy) is 1. The van der Waals surface area contributed by atoms with E-state index < -0.39 is 10.0 Å². The van der Waals surface area contributed by atoms with Crippen LogP contribution in [-0.2, 0) is 14.8 Å². The van der Waals surface area contributed by atoms with Crippen molar-refractivity contribution in [1.82, 2.24) is 4.72 Å². The molecule has 112 valence electrons. The van der Waals surface area contributed by atoms with E-state index in [-0.39, 0.29) is 10.8 Å². The molecule has 2 aliphatic rings. The second-order valence-corrected chi connectivity index (χ2v) is 8.60. The number of hydrogen-bond donors (Lipinski definition) is 1. The van der Waals surface area contributed by atoms with Gasteiger partial charge in [0.15, 0.2) is 0 Å². The van der Waals surface area contributed by atoms with Gasteiger partial charge in [0.2, 0.25) is 10.0 Å². The van der Waals surface area contributed by atoms with Gasteiger partial charge in [0.25, 0.3) is 0 Å². The summed E-state index contributed by atoms with van der Waals surface area (Å²) in [5.74, 6) is 0.587. The third kappa shape index (κ3) is 3.93. The summed E-state index contributed by atoms with van der Waals surface area (Å²) in [4.78, 5) is 0. The van der Waals surface area contributed by atoms with Crippen molar-refractivity contribution >= 4 is 26.0 Å². The maximum atomic E-state index is 12.5. The number of halogens is 1. The molecule has 2 atom stereocenters. The lowest BCUT2D eigenvalue weighted by Gasteiger charge is -2.40. The van der Waals surface area contributed by atoms with Crippen LogP contribution in [0.15, 0.2) is 0 Å². The van der Waals surface area contributed by atoms with Gasteiger partial charge in [-0.1, -0.05) is 35.7 Å². The highest BCUT2D eigenvalue weighted by Gasteiger charge is 2.40. The van der Waals surface area contributed by atoms with Gasteiger partial charge < -0.3 is 4.74 Å². The van der Waals surface area contributed by atoms with Crippen molar-refractivity contribution < 1.29 is 13.2 Å². The molecule has 1 aliphatic heterocycles. The molecule has 19 heavy (non-hydrogen) atoms. The molecule has 0 spiro atoms. The highest BCUT2D eigenvalue weighted by molar-refractivity contribution is 9.09. The Balaban J connectivity index is 2.07. The predicted octanol–water partition coefficient (Wildman–Crippen LogP) is 2.43. The summed E-state index contributed by atoms with van der Waals surface area (Å²) in [7, 11) is -3.24. The van der Waals surface area contributed by atoms with Crippen LogP contribution in [0.1, 0.15) is 45.4 Å². The molecule has 1 saturated carbocycles. The quantitative estimate of drug-likeness (QED) is 0.789. The molecule has 0 bridgehead atoms. The number of sulfonamides is 1. The highest BCUT2D eigenvalue weighted by Crippen LogP contribution is 2.35. The van der Waals surface area contributed by atoms with E-state index >= 15 is 0 Å². The summed E-state index contributed by atoms with van der Waals surface area (Å²) in [5.41, 5.74) is -0.283. The molecule has 4 nitrogen and oxygen atoms in total. The number of alkyl halides is 1. The van der Waals surface area contributed by atoms with Crippen LogP contribution in [-0.4, -0.2) is 37.8 Å². The van der Waals surface area contributed by atoms with Crippen molar-refractivity contribution in [2.75, 3.05) is 18.5 Å². The summed E-state index contributed by atoms with van der Waals surface area (Å²) >= 11 is 3.52. The second-order valence-electron chi connectivity index (χ2n) is 6.07. The standard InChI is InChI=1S/C13H24BrNO3S/c1-11-3-2-6-13(9-11,10-14)15-19(16,17)12-4-7-18-8-5-12/h11-12,15H,2-10H2,1H3. The van der Waals surface area contributed by atoms with E-state index in [1.54, 1.807) is 0 Å². The van der Waals surface area contributed by atoms with Gasteiger partial charge in [0.1, 0.15) is 0 Å². The molecule has 0 aromatic rings. The minimum atomic E-state index is -3.24. The molecule has 6 heteroatoms. The van der Waals surface area contributed by atoms with Crippen LogP contribution in [0.5, 0.6) is 0 Å². The zero-order valence-corrected chi connectivity index (χ0v) is 13.9. The highest BCUT2D eigenvalue weighted by atomic mass is 79.9. The minimum Gasteiger partial charge on any atom is -0.381 e. The summed E-state index contributed by atoms with van der Waals surface area (Å²) in [5, 5.41) is 0.418. The fourth-order valence-corrected chi connectivity index (χ4v) is 5.95. The first kappa shape index (κ1) is 15.7. The number of hydrogen-bond acceptors (Lipinski definition) is 3. The van der Waals surface area contributed by atoms with E-state index in [0.29, 0.717) is 37.3 Å². The Labute approximate surface area is 124 Å². The van der Waals surface area contributed by atoms with Gasteiger partial charge in [-0.05, 0) is 31.6 Å². The maximum absolute atomic E-state index is 12.5. The van der Waals surface area contributed by atoms with Gasteiger partial charge in [-0.25, -0.2) is 13.1 Å². The molecule has 2 fully saturated rings. The van der Waals surface area contributed by atoms with E-state index in [9.17, 15) is 8.42 Å². The molecule has 0 amide bonds. The van der Waals surface area contributed by atoms with E-state index in [1.807, 2.05) is 0 Å². The lowest BCUT2D eigenvalue weighted by Crippen LogP contribution is -2.55. The average Bonchev–Trinajstić information content (AvgIpc) is 2.39. The van der Waals surface area contributed by atoms with Crippen LogP contribution in [0.4, 0.5) is 0 Å². The average molecular weight is 354 g/mol. The van der Waals surface area contributed by atoms with E-state index in [1.165, 1.54) is 6.42 Å². The lowest BCUT2D eigenvalue weighted by molar-refractivity contribution is 0.0977. The smallest absolute Gasteiger partial charge is 0.215 e. The Morgan fingerprint density at radius 2 is 2.00 bits per heavy atom. The van der Waals surface area contributed by atoms with Gasteiger partial charge in [-0.3, -0.25) is 0 Å². The molecule has 0 radical (unpaired) electrons. The van der Waals surface area contributed by atoms with Crippen molar-refractivity contribution in [3.63, 3.8) is 0 Å². The van der Waals surface area contributed by atoms with Crippen molar-refractivity contribution in [2.24, 2.45) is 5.92 Å². The molecular weight excluding hydrogens is 330 g/mol. The van der Waals surface area contributed by atoms with Crippen molar-refractivity contribution in [2.45, 2.75) is 56.2 Å². The Morgan fingerprint density at radius 1 is 1.32 bits per heavy atom. The summed E-state index contributed by atoms with van der Waals surface area (Å²) < 4.78 is 33.4. The van der Waals surface area contributed by atoms with Gasteiger partial charge in [-0.2, -0.15) is 0 Å². The van der Waals surface area contributed by atoms with E-state index in [4.69, 9.17) is 4.74 Å². The molecule has 2 unspecified atom stereocenters. The zero-order chi connectivity index (χ0) is 13.9. The third-order valence-corrected chi connectivity index (χ3v) is 7.45. The fraction of sp³-hybridized carbons (Fsp3) is 1.00. The van der Waals surface area contributed by atoms with E-state index in [0.717, 1.165) is 19.3 Å². The van der Waals surface area contributed by atoms with Gasteiger partial charge in [-0.15, -0.1) is 0 Å². The summed E-state index contributed by atoms with van der Waals surface area (Å²) in [6.45, 7) is 3.33. The summed E-state index contributed by atoms with van der Waals surface area (Å²) in [6, 6.07) is 0. The Morgan fingerprint density at radius 3 is 2.58 bits per heavy atom. The summed E-state index contributed by atoms with van der Waals surface area (Å²) in [6.07, 6.45) is 5.40. The Hall–Kier alpha value is 0.350. The number of rotatable bonds is 4. The molecule has 0 aromatic carbocycles. The molecule has 0 aromatic heterocycles. The van der Waals surface area contributed by atoms with Crippen LogP contribution in [0.3, 0.4) is 0 Å². The van der Waals surface area contributed by atoms with Crippen LogP contribution >= 0.6 is 15.9 Å². The first-order chi connectivity index (χ1) is 8.97. The first-order valence-electron chi connectivity index (χ1n) is 7.14. The normalized spacial score (nSPS) is 34.3. The minimum absolute atomic E-state index is 0.283. The van der Waals surface area contributed by atoms with E-state index in [2.05, 4.69) is 27.6 Å². The molecule has 2 rings (SSSR count). The van der Waals surface area contributed by atoms with Crippen molar-refractivity contribution in [3.8, 4) is 0 Å². The number of nitrogens with one attached hydrogen (secondary N) is 1. The van der Waals surface area contributed by atoms with Gasteiger partial charge in [0, 0.05) is 24.1 Å². The largest absolute Gasteiger partial charge is 0.381 e. The Kier molecular flexibility index (Phi) is 5.31. The lowest BCUT2D eigenvalue weighted by atomic mass is 9.78. The molecule has 1 heterocycles. The monoisotopic (exact) mass is 353 g/mol. The fourth-order valence-electron chi connectivity index (χ4n) is 3.27. The third-order valence-electron chi connectivity index (χ3n) is 4.31. The zero-order valence-electron chi connectivity index (χ0n) is 11.5. The second kappa shape index (κ2) is 6.41. The van der Waals surface area contributed by atoms with Crippen LogP contribution in [0, 0.1) is 5.92 Å². The molecule has 1 saturated heterocycles.